The van der Waals surface area contributed by atoms with E-state index in [1.54, 1.807) is 54.5 Å². The maximum Gasteiger partial charge on any atom is 0.338 e. The lowest BCUT2D eigenvalue weighted by Crippen LogP contribution is -2.29. The van der Waals surface area contributed by atoms with E-state index in [1.165, 1.54) is 0 Å². The Morgan fingerprint density at radius 1 is 1.12 bits per heavy atom. The van der Waals surface area contributed by atoms with Crippen LogP contribution in [0.4, 0.5) is 5.69 Å². The Bertz CT molecular complexity index is 1290. The number of benzene rings is 2. The molecule has 7 nitrogen and oxygen atoms in total. The fourth-order valence-corrected chi connectivity index (χ4v) is 4.82. The number of aromatic amines is 1. The van der Waals surface area contributed by atoms with E-state index in [4.69, 9.17) is 9.47 Å². The molecule has 0 spiro atoms. The molecule has 0 unspecified atom stereocenters. The summed E-state index contributed by atoms with van der Waals surface area (Å²) in [4.78, 5) is 28.3. The number of carbonyl (C=O) groups is 2. The highest BCUT2D eigenvalue weighted by molar-refractivity contribution is 7.13. The maximum absolute atomic E-state index is 13.5. The molecule has 1 amide bonds. The number of H-pyrrole nitrogens is 1. The minimum absolute atomic E-state index is 0.200. The van der Waals surface area contributed by atoms with Crippen LogP contribution in [-0.2, 0) is 4.74 Å². The molecule has 2 aromatic heterocycles. The number of esters is 1. The number of aromatic nitrogens is 2. The Balaban J connectivity index is 1.62. The lowest BCUT2D eigenvalue weighted by Gasteiger charge is -2.26. The monoisotopic (exact) mass is 459 g/mol. The van der Waals surface area contributed by atoms with Gasteiger partial charge in [-0.05, 0) is 60.3 Å². The first-order chi connectivity index (χ1) is 16.1. The van der Waals surface area contributed by atoms with Crippen molar-refractivity contribution in [3.63, 3.8) is 0 Å². The molecule has 0 saturated carbocycles. The summed E-state index contributed by atoms with van der Waals surface area (Å²) >= 11 is 1.59. The van der Waals surface area contributed by atoms with Crippen molar-refractivity contribution in [1.82, 2.24) is 10.2 Å². The van der Waals surface area contributed by atoms with Crippen LogP contribution in [0.15, 0.2) is 66.0 Å². The van der Waals surface area contributed by atoms with Gasteiger partial charge in [-0.3, -0.25) is 14.8 Å². The van der Waals surface area contributed by atoms with Crippen LogP contribution in [0.2, 0.25) is 0 Å². The molecule has 33 heavy (non-hydrogen) atoms. The van der Waals surface area contributed by atoms with Gasteiger partial charge in [-0.15, -0.1) is 11.3 Å². The third kappa shape index (κ3) is 3.58. The molecule has 2 aromatic carbocycles. The van der Waals surface area contributed by atoms with Crippen LogP contribution < -0.4 is 9.64 Å². The lowest BCUT2D eigenvalue weighted by molar-refractivity contribution is 0.0526. The molecule has 5 rings (SSSR count). The van der Waals surface area contributed by atoms with Gasteiger partial charge in [0.2, 0.25) is 0 Å². The second kappa shape index (κ2) is 8.55. The smallest absolute Gasteiger partial charge is 0.338 e. The molecule has 8 heteroatoms. The van der Waals surface area contributed by atoms with Crippen molar-refractivity contribution in [3.05, 3.63) is 88.4 Å². The topological polar surface area (TPSA) is 84.5 Å². The Labute approximate surface area is 194 Å². The van der Waals surface area contributed by atoms with Crippen molar-refractivity contribution >= 4 is 28.9 Å². The average molecular weight is 460 g/mol. The molecule has 1 N–H and O–H groups in total. The molecule has 0 saturated heterocycles. The van der Waals surface area contributed by atoms with Crippen molar-refractivity contribution < 1.29 is 19.1 Å². The number of amides is 1. The predicted molar refractivity (Wildman–Crippen MR) is 126 cm³/mol. The molecular formula is C25H21N3O4S. The minimum atomic E-state index is -0.392. The van der Waals surface area contributed by atoms with E-state index in [0.29, 0.717) is 23.6 Å². The number of methoxy groups -OCH3 is 1. The van der Waals surface area contributed by atoms with Gasteiger partial charge in [0.05, 0.1) is 35.9 Å². The maximum atomic E-state index is 13.5. The van der Waals surface area contributed by atoms with Crippen molar-refractivity contribution in [3.8, 4) is 16.3 Å². The summed E-state index contributed by atoms with van der Waals surface area (Å²) in [5.74, 6) is 0.143. The fraction of sp³-hybridized carbons (Fsp3) is 0.160. The molecular weight excluding hydrogens is 438 g/mol. The number of fused-ring (bicyclic) bond motifs is 1. The summed E-state index contributed by atoms with van der Waals surface area (Å²) in [6.45, 7) is 2.07. The normalized spacial score (nSPS) is 14.9. The van der Waals surface area contributed by atoms with E-state index in [1.807, 2.05) is 41.8 Å². The van der Waals surface area contributed by atoms with E-state index < -0.39 is 5.97 Å². The van der Waals surface area contributed by atoms with Crippen molar-refractivity contribution in [2.45, 2.75) is 13.0 Å². The standard InChI is InChI=1S/C25H21N3O4S/c1-3-32-25(30)16-6-10-17(11-7-16)28-23(15-8-12-18(31-2)13-9-15)20-21(19-5-4-14-33-19)26-27-22(20)24(28)29/h4-14,23H,3H2,1-2H3,(H,26,27)/t23-/m0/s1. The van der Waals surface area contributed by atoms with Crippen molar-refractivity contribution in [2.24, 2.45) is 0 Å². The van der Waals surface area contributed by atoms with E-state index in [-0.39, 0.29) is 11.9 Å². The number of carbonyl (C=O) groups excluding carboxylic acids is 2. The number of anilines is 1. The zero-order valence-corrected chi connectivity index (χ0v) is 18.9. The SMILES string of the molecule is CCOC(=O)c1ccc(N2C(=O)c3n[nH]c(-c4cccs4)c3[C@@H]2c2ccc(OC)cc2)cc1. The first-order valence-electron chi connectivity index (χ1n) is 10.5. The lowest BCUT2D eigenvalue weighted by atomic mass is 9.97. The summed E-state index contributed by atoms with van der Waals surface area (Å²) < 4.78 is 10.4. The van der Waals surface area contributed by atoms with Gasteiger partial charge >= 0.3 is 5.97 Å². The van der Waals surface area contributed by atoms with Crippen molar-refractivity contribution in [2.75, 3.05) is 18.6 Å². The highest BCUT2D eigenvalue weighted by Gasteiger charge is 2.43. The Hall–Kier alpha value is -3.91. The van der Waals surface area contributed by atoms with Crippen LogP contribution >= 0.6 is 11.3 Å². The fourth-order valence-electron chi connectivity index (χ4n) is 4.09. The number of thiophene rings is 1. The second-order valence-electron chi connectivity index (χ2n) is 7.46. The summed E-state index contributed by atoms with van der Waals surface area (Å²) in [5.41, 5.74) is 4.10. The zero-order valence-electron chi connectivity index (χ0n) is 18.1. The van der Waals surface area contributed by atoms with Gasteiger partial charge in [0, 0.05) is 11.3 Å². The van der Waals surface area contributed by atoms with Gasteiger partial charge in [0.1, 0.15) is 5.75 Å². The van der Waals surface area contributed by atoms with Gasteiger partial charge in [0.25, 0.3) is 5.91 Å². The molecule has 4 aromatic rings. The third-order valence-electron chi connectivity index (χ3n) is 5.61. The summed E-state index contributed by atoms with van der Waals surface area (Å²) in [6.07, 6.45) is 0. The number of rotatable bonds is 6. The first-order valence-corrected chi connectivity index (χ1v) is 11.4. The minimum Gasteiger partial charge on any atom is -0.497 e. The molecule has 3 heterocycles. The van der Waals surface area contributed by atoms with Crippen LogP contribution in [0, 0.1) is 0 Å². The summed E-state index contributed by atoms with van der Waals surface area (Å²) in [5, 5.41) is 9.44. The zero-order chi connectivity index (χ0) is 22.9. The molecule has 1 aliphatic heterocycles. The number of hydrogen-bond donors (Lipinski definition) is 1. The van der Waals surface area contributed by atoms with Gasteiger partial charge in [-0.2, -0.15) is 5.10 Å². The number of nitrogens with one attached hydrogen (secondary N) is 1. The highest BCUT2D eigenvalue weighted by atomic mass is 32.1. The summed E-state index contributed by atoms with van der Waals surface area (Å²) in [6, 6.07) is 18.1. The van der Waals surface area contributed by atoms with E-state index >= 15 is 0 Å². The highest BCUT2D eigenvalue weighted by Crippen LogP contribution is 2.45. The summed E-state index contributed by atoms with van der Waals surface area (Å²) in [7, 11) is 1.62. The quantitative estimate of drug-likeness (QED) is 0.407. The number of nitrogens with zero attached hydrogens (tertiary/aromatic N) is 2. The molecule has 166 valence electrons. The average Bonchev–Trinajstić information content (AvgIpc) is 3.57. The number of ether oxygens (including phenoxy) is 2. The van der Waals surface area contributed by atoms with Crippen LogP contribution in [-0.4, -0.2) is 35.8 Å². The molecule has 0 aliphatic carbocycles. The first kappa shape index (κ1) is 21.0. The van der Waals surface area contributed by atoms with E-state index in [0.717, 1.165) is 27.4 Å². The van der Waals surface area contributed by atoms with Gasteiger partial charge in [0.15, 0.2) is 5.69 Å². The Morgan fingerprint density at radius 2 is 1.88 bits per heavy atom. The molecule has 0 fully saturated rings. The second-order valence-corrected chi connectivity index (χ2v) is 8.40. The van der Waals surface area contributed by atoms with Gasteiger partial charge < -0.3 is 9.47 Å². The van der Waals surface area contributed by atoms with Crippen LogP contribution in [0.25, 0.3) is 10.6 Å². The van der Waals surface area contributed by atoms with E-state index in [2.05, 4.69) is 10.2 Å². The molecule has 0 bridgehead atoms. The van der Waals surface area contributed by atoms with Crippen LogP contribution in [0.1, 0.15) is 44.9 Å². The molecule has 0 radical (unpaired) electrons. The van der Waals surface area contributed by atoms with Gasteiger partial charge in [-0.25, -0.2) is 4.79 Å². The number of hydrogen-bond acceptors (Lipinski definition) is 6. The Morgan fingerprint density at radius 3 is 2.52 bits per heavy atom. The molecule has 1 atom stereocenters. The van der Waals surface area contributed by atoms with E-state index in [9.17, 15) is 9.59 Å². The van der Waals surface area contributed by atoms with Crippen molar-refractivity contribution in [1.29, 1.82) is 0 Å². The predicted octanol–water partition coefficient (Wildman–Crippen LogP) is 5.07. The third-order valence-corrected chi connectivity index (χ3v) is 6.50. The molecule has 1 aliphatic rings. The Kier molecular flexibility index (Phi) is 5.43. The van der Waals surface area contributed by atoms with Crippen LogP contribution in [0.3, 0.4) is 0 Å². The van der Waals surface area contributed by atoms with Crippen LogP contribution in [0.5, 0.6) is 5.75 Å². The van der Waals surface area contributed by atoms with Gasteiger partial charge in [-0.1, -0.05) is 18.2 Å². The largest absolute Gasteiger partial charge is 0.497 e.